The van der Waals surface area contributed by atoms with E-state index in [0.717, 1.165) is 10.5 Å². The maximum absolute atomic E-state index is 13.7. The summed E-state index contributed by atoms with van der Waals surface area (Å²) in [7, 11) is 0. The Morgan fingerprint density at radius 1 is 1.11 bits per heavy atom. The van der Waals surface area contributed by atoms with Gasteiger partial charge in [-0.15, -0.1) is 0 Å². The molecular weight excluding hydrogens is 351 g/mol. The van der Waals surface area contributed by atoms with Gasteiger partial charge in [-0.3, -0.25) is 9.59 Å². The fourth-order valence-corrected chi connectivity index (χ4v) is 2.88. The fraction of sp³-hybridized carbons (Fsp3) is 0.250. The average Bonchev–Trinajstić information content (AvgIpc) is 2.99. The lowest BCUT2D eigenvalue weighted by molar-refractivity contribution is -0.127. The first kappa shape index (κ1) is 18.6. The molecule has 3 amide bonds. The monoisotopic (exact) mass is 370 g/mol. The topological polar surface area (TPSA) is 75.7 Å². The molecule has 0 bridgehead atoms. The first-order valence-corrected chi connectivity index (χ1v) is 8.59. The zero-order valence-corrected chi connectivity index (χ0v) is 14.6. The summed E-state index contributed by atoms with van der Waals surface area (Å²) in [5, 5.41) is 2.83. The zero-order valence-electron chi connectivity index (χ0n) is 14.6. The van der Waals surface area contributed by atoms with Crippen molar-refractivity contribution < 1.29 is 23.5 Å². The first-order valence-electron chi connectivity index (χ1n) is 8.59. The van der Waals surface area contributed by atoms with Gasteiger partial charge in [-0.1, -0.05) is 48.5 Å². The number of hydrogen-bond donors (Lipinski definition) is 1. The molecule has 0 radical (unpaired) electrons. The highest BCUT2D eigenvalue weighted by Gasteiger charge is 2.33. The van der Waals surface area contributed by atoms with Crippen LogP contribution in [0.3, 0.4) is 0 Å². The van der Waals surface area contributed by atoms with Crippen LogP contribution in [0.1, 0.15) is 23.6 Å². The Kier molecular flexibility index (Phi) is 5.80. The van der Waals surface area contributed by atoms with Crippen molar-refractivity contribution in [3.8, 4) is 0 Å². The molecule has 1 fully saturated rings. The fourth-order valence-electron chi connectivity index (χ4n) is 2.88. The van der Waals surface area contributed by atoms with E-state index in [-0.39, 0.29) is 37.7 Å². The summed E-state index contributed by atoms with van der Waals surface area (Å²) in [4.78, 5) is 36.9. The van der Waals surface area contributed by atoms with Crippen molar-refractivity contribution in [2.24, 2.45) is 0 Å². The Hall–Kier alpha value is -3.22. The predicted octanol–water partition coefficient (Wildman–Crippen LogP) is 2.59. The van der Waals surface area contributed by atoms with Gasteiger partial charge in [-0.25, -0.2) is 14.1 Å². The van der Waals surface area contributed by atoms with Crippen LogP contribution in [-0.2, 0) is 20.7 Å². The number of cyclic esters (lactones) is 1. The molecule has 140 valence electrons. The molecule has 27 heavy (non-hydrogen) atoms. The lowest BCUT2D eigenvalue weighted by Crippen LogP contribution is -2.40. The number of hydrogen-bond acceptors (Lipinski definition) is 4. The molecule has 0 aliphatic carbocycles. The summed E-state index contributed by atoms with van der Waals surface area (Å²) >= 11 is 0. The molecule has 1 atom stereocenters. The van der Waals surface area contributed by atoms with Crippen LogP contribution in [0.4, 0.5) is 9.18 Å². The van der Waals surface area contributed by atoms with Crippen LogP contribution in [0.15, 0.2) is 54.6 Å². The Bertz CT molecular complexity index is 825. The number of carbonyl (C=O) groups is 3. The first-order chi connectivity index (χ1) is 13.0. The number of nitrogens with zero attached hydrogens (tertiary/aromatic N) is 1. The molecule has 2 aromatic rings. The van der Waals surface area contributed by atoms with Crippen molar-refractivity contribution >= 4 is 17.9 Å². The second-order valence-electron chi connectivity index (χ2n) is 6.18. The van der Waals surface area contributed by atoms with E-state index >= 15 is 0 Å². The number of amides is 3. The third-order valence-electron chi connectivity index (χ3n) is 4.32. The summed E-state index contributed by atoms with van der Waals surface area (Å²) in [6.45, 7) is -0.311. The number of ether oxygens (including phenoxy) is 1. The quantitative estimate of drug-likeness (QED) is 0.813. The van der Waals surface area contributed by atoms with E-state index in [1.807, 2.05) is 6.07 Å². The zero-order chi connectivity index (χ0) is 19.2. The second-order valence-corrected chi connectivity index (χ2v) is 6.18. The maximum atomic E-state index is 13.7. The summed E-state index contributed by atoms with van der Waals surface area (Å²) in [6, 6.07) is 14.8. The molecule has 7 heteroatoms. The highest BCUT2D eigenvalue weighted by molar-refractivity contribution is 5.97. The molecule has 6 nitrogen and oxygen atoms in total. The normalized spacial score (nSPS) is 14.8. The van der Waals surface area contributed by atoms with Crippen molar-refractivity contribution in [2.75, 3.05) is 13.2 Å². The van der Waals surface area contributed by atoms with Crippen LogP contribution in [0.5, 0.6) is 0 Å². The molecule has 1 aliphatic heterocycles. The van der Waals surface area contributed by atoms with E-state index in [9.17, 15) is 18.8 Å². The van der Waals surface area contributed by atoms with Gasteiger partial charge in [0.2, 0.25) is 5.91 Å². The Morgan fingerprint density at radius 2 is 1.81 bits per heavy atom. The number of carbonyl (C=O) groups excluding carboxylic acids is 3. The largest absolute Gasteiger partial charge is 0.439 e. The van der Waals surface area contributed by atoms with E-state index in [2.05, 4.69) is 5.32 Å². The van der Waals surface area contributed by atoms with Gasteiger partial charge in [-0.05, 0) is 23.6 Å². The molecule has 2 aromatic carbocycles. The van der Waals surface area contributed by atoms with Gasteiger partial charge < -0.3 is 10.1 Å². The van der Waals surface area contributed by atoms with Gasteiger partial charge in [0.1, 0.15) is 5.82 Å². The summed E-state index contributed by atoms with van der Waals surface area (Å²) in [6.07, 6.45) is -0.380. The summed E-state index contributed by atoms with van der Waals surface area (Å²) < 4.78 is 18.4. The minimum absolute atomic E-state index is 0.0207. The lowest BCUT2D eigenvalue weighted by Gasteiger charge is -2.23. The van der Waals surface area contributed by atoms with Crippen LogP contribution >= 0.6 is 0 Å². The van der Waals surface area contributed by atoms with Crippen LogP contribution in [0.2, 0.25) is 0 Å². The van der Waals surface area contributed by atoms with Crippen molar-refractivity contribution in [3.05, 3.63) is 71.5 Å². The van der Waals surface area contributed by atoms with Crippen LogP contribution < -0.4 is 5.32 Å². The van der Waals surface area contributed by atoms with Gasteiger partial charge in [0, 0.05) is 6.42 Å². The SMILES string of the molecule is O=C(CCc1ccccc1F)NC(CN1C(=O)COC1=O)c1ccccc1. The van der Waals surface area contributed by atoms with Gasteiger partial charge in [0.15, 0.2) is 6.61 Å². The van der Waals surface area contributed by atoms with Crippen molar-refractivity contribution in [1.82, 2.24) is 10.2 Å². The van der Waals surface area contributed by atoms with E-state index in [4.69, 9.17) is 4.74 Å². The number of rotatable bonds is 7. The van der Waals surface area contributed by atoms with Gasteiger partial charge in [-0.2, -0.15) is 0 Å². The molecule has 1 N–H and O–H groups in total. The van der Waals surface area contributed by atoms with Crippen molar-refractivity contribution in [1.29, 1.82) is 0 Å². The molecule has 0 aromatic heterocycles. The van der Waals surface area contributed by atoms with E-state index in [1.54, 1.807) is 42.5 Å². The summed E-state index contributed by atoms with van der Waals surface area (Å²) in [5.74, 6) is -1.09. The number of nitrogens with one attached hydrogen (secondary N) is 1. The predicted molar refractivity (Wildman–Crippen MR) is 95.1 cm³/mol. The smallest absolute Gasteiger partial charge is 0.417 e. The molecule has 1 heterocycles. The van der Waals surface area contributed by atoms with E-state index < -0.39 is 18.0 Å². The third kappa shape index (κ3) is 4.69. The number of imide groups is 1. The van der Waals surface area contributed by atoms with Crippen molar-refractivity contribution in [3.63, 3.8) is 0 Å². The molecule has 1 aliphatic rings. The highest BCUT2D eigenvalue weighted by atomic mass is 19.1. The molecule has 1 saturated heterocycles. The number of halogens is 1. The van der Waals surface area contributed by atoms with E-state index in [0.29, 0.717) is 5.56 Å². The van der Waals surface area contributed by atoms with Crippen LogP contribution in [0.25, 0.3) is 0 Å². The molecule has 3 rings (SSSR count). The van der Waals surface area contributed by atoms with Crippen LogP contribution in [0, 0.1) is 5.82 Å². The van der Waals surface area contributed by atoms with Gasteiger partial charge in [0.25, 0.3) is 5.91 Å². The molecule has 0 saturated carbocycles. The Morgan fingerprint density at radius 3 is 2.48 bits per heavy atom. The molecule has 0 spiro atoms. The van der Waals surface area contributed by atoms with Crippen LogP contribution in [-0.4, -0.2) is 36.0 Å². The summed E-state index contributed by atoms with van der Waals surface area (Å²) in [5.41, 5.74) is 1.21. The lowest BCUT2D eigenvalue weighted by atomic mass is 10.0. The Balaban J connectivity index is 1.67. The van der Waals surface area contributed by atoms with Gasteiger partial charge >= 0.3 is 6.09 Å². The maximum Gasteiger partial charge on any atom is 0.417 e. The standard InChI is InChI=1S/C20H19FN2O4/c21-16-9-5-4-6-14(16)10-11-18(24)22-17(15-7-2-1-3-8-15)12-23-19(25)13-27-20(23)26/h1-9,17H,10-13H2,(H,22,24). The number of aryl methyl sites for hydroxylation is 1. The van der Waals surface area contributed by atoms with Gasteiger partial charge in [0.05, 0.1) is 12.6 Å². The number of benzene rings is 2. The minimum Gasteiger partial charge on any atom is -0.439 e. The second kappa shape index (κ2) is 8.44. The third-order valence-corrected chi connectivity index (χ3v) is 4.32. The minimum atomic E-state index is -0.721. The molecule has 1 unspecified atom stereocenters. The van der Waals surface area contributed by atoms with E-state index in [1.165, 1.54) is 6.07 Å². The highest BCUT2D eigenvalue weighted by Crippen LogP contribution is 2.18. The average molecular weight is 370 g/mol. The molecular formula is C20H19FN2O4. The Labute approximate surface area is 155 Å². The van der Waals surface area contributed by atoms with Crippen molar-refractivity contribution in [2.45, 2.75) is 18.9 Å².